The van der Waals surface area contributed by atoms with Gasteiger partial charge in [0, 0.05) is 12.4 Å². The number of aromatic nitrogens is 4. The fraction of sp³-hybridized carbons (Fsp3) is 0.0833. The van der Waals surface area contributed by atoms with E-state index in [4.69, 9.17) is 11.6 Å². The Morgan fingerprint density at radius 3 is 2.80 bits per heavy atom. The molecule has 0 saturated carbocycles. The molecule has 0 atom stereocenters. The highest BCUT2D eigenvalue weighted by atomic mass is 35.5. The monoisotopic (exact) mass is 296 g/mol. The molecule has 3 aromatic rings. The Bertz CT molecular complexity index is 762. The van der Waals surface area contributed by atoms with Gasteiger partial charge in [0.1, 0.15) is 5.75 Å². The molecular formula is C12H7ClF2N4O. The zero-order valence-electron chi connectivity index (χ0n) is 9.87. The van der Waals surface area contributed by atoms with Gasteiger partial charge in [0.2, 0.25) is 0 Å². The third-order valence-electron chi connectivity index (χ3n) is 2.63. The van der Waals surface area contributed by atoms with Crippen LogP contribution in [0, 0.1) is 0 Å². The Hall–Kier alpha value is -2.28. The molecule has 102 valence electrons. The Morgan fingerprint density at radius 1 is 1.20 bits per heavy atom. The van der Waals surface area contributed by atoms with Crippen LogP contribution in [0.15, 0.2) is 36.7 Å². The van der Waals surface area contributed by atoms with Gasteiger partial charge in [-0.2, -0.15) is 8.78 Å². The Morgan fingerprint density at radius 2 is 2.00 bits per heavy atom. The topological polar surface area (TPSA) is 52.3 Å². The molecule has 2 heterocycles. The summed E-state index contributed by atoms with van der Waals surface area (Å²) in [5.41, 5.74) is 0.735. The normalized spacial score (nSPS) is 11.2. The molecule has 0 aliphatic heterocycles. The minimum atomic E-state index is -2.92. The number of rotatable bonds is 3. The summed E-state index contributed by atoms with van der Waals surface area (Å²) in [5, 5.41) is 8.03. The van der Waals surface area contributed by atoms with Crippen LogP contribution in [-0.2, 0) is 0 Å². The van der Waals surface area contributed by atoms with Crippen LogP contribution >= 0.6 is 11.6 Å². The number of ether oxygens (including phenoxy) is 1. The van der Waals surface area contributed by atoms with E-state index in [1.165, 1.54) is 12.3 Å². The van der Waals surface area contributed by atoms with E-state index in [9.17, 15) is 8.78 Å². The van der Waals surface area contributed by atoms with Crippen molar-refractivity contribution in [3.8, 4) is 17.1 Å². The molecule has 2 aromatic heterocycles. The average molecular weight is 297 g/mol. The molecule has 20 heavy (non-hydrogen) atoms. The number of hydrogen-bond acceptors (Lipinski definition) is 4. The summed E-state index contributed by atoms with van der Waals surface area (Å²) >= 11 is 5.90. The van der Waals surface area contributed by atoms with Crippen molar-refractivity contribution in [1.82, 2.24) is 19.6 Å². The first-order valence-corrected chi connectivity index (χ1v) is 5.94. The van der Waals surface area contributed by atoms with Crippen molar-refractivity contribution in [2.45, 2.75) is 6.61 Å². The van der Waals surface area contributed by atoms with Crippen molar-refractivity contribution < 1.29 is 13.5 Å². The van der Waals surface area contributed by atoms with Crippen molar-refractivity contribution in [3.63, 3.8) is 0 Å². The minimum Gasteiger partial charge on any atom is -0.434 e. The van der Waals surface area contributed by atoms with Crippen LogP contribution in [0.25, 0.3) is 17.0 Å². The average Bonchev–Trinajstić information content (AvgIpc) is 2.84. The van der Waals surface area contributed by atoms with E-state index < -0.39 is 6.61 Å². The molecule has 0 bridgehead atoms. The largest absolute Gasteiger partial charge is 0.434 e. The maximum absolute atomic E-state index is 12.4. The van der Waals surface area contributed by atoms with Crippen molar-refractivity contribution in [2.75, 3.05) is 0 Å². The first-order valence-electron chi connectivity index (χ1n) is 5.56. The first kappa shape index (κ1) is 12.7. The van der Waals surface area contributed by atoms with Crippen LogP contribution in [0.4, 0.5) is 8.78 Å². The number of benzene rings is 1. The summed E-state index contributed by atoms with van der Waals surface area (Å²) in [5.74, 6) is 0.366. The van der Waals surface area contributed by atoms with Gasteiger partial charge in [0.05, 0.1) is 5.56 Å². The minimum absolute atomic E-state index is 0.0183. The molecule has 0 amide bonds. The first-order chi connectivity index (χ1) is 9.66. The van der Waals surface area contributed by atoms with E-state index >= 15 is 0 Å². The lowest BCUT2D eigenvalue weighted by Gasteiger charge is -2.09. The molecular weight excluding hydrogens is 290 g/mol. The predicted molar refractivity (Wildman–Crippen MR) is 67.9 cm³/mol. The maximum Gasteiger partial charge on any atom is 0.387 e. The number of para-hydroxylation sites is 1. The summed E-state index contributed by atoms with van der Waals surface area (Å²) in [6, 6.07) is 6.34. The fourth-order valence-electron chi connectivity index (χ4n) is 1.83. The SMILES string of the molecule is FC(F)Oc1ccccc1-c1nnc2c(Cl)nccn12. The van der Waals surface area contributed by atoms with Gasteiger partial charge in [-0.3, -0.25) is 4.40 Å². The second-order valence-corrected chi connectivity index (χ2v) is 4.17. The molecule has 0 aliphatic rings. The van der Waals surface area contributed by atoms with E-state index in [-0.39, 0.29) is 10.9 Å². The molecule has 3 rings (SSSR count). The quantitative estimate of drug-likeness (QED) is 0.745. The Kier molecular flexibility index (Phi) is 3.19. The second kappa shape index (κ2) is 5.01. The smallest absolute Gasteiger partial charge is 0.387 e. The highest BCUT2D eigenvalue weighted by Crippen LogP contribution is 2.30. The highest BCUT2D eigenvalue weighted by molar-refractivity contribution is 6.32. The van der Waals surface area contributed by atoms with Crippen LogP contribution in [0.2, 0.25) is 5.15 Å². The van der Waals surface area contributed by atoms with Gasteiger partial charge in [-0.1, -0.05) is 23.7 Å². The molecule has 0 radical (unpaired) electrons. The van der Waals surface area contributed by atoms with Crippen LogP contribution in [0.5, 0.6) is 5.75 Å². The number of hydrogen-bond donors (Lipinski definition) is 0. The lowest BCUT2D eigenvalue weighted by Crippen LogP contribution is -2.03. The van der Waals surface area contributed by atoms with Crippen molar-refractivity contribution in [3.05, 3.63) is 41.8 Å². The third-order valence-corrected chi connectivity index (χ3v) is 2.89. The van der Waals surface area contributed by atoms with Crippen LogP contribution in [0.3, 0.4) is 0 Å². The van der Waals surface area contributed by atoms with Crippen LogP contribution in [0.1, 0.15) is 0 Å². The summed E-state index contributed by atoms with van der Waals surface area (Å²) in [6.45, 7) is -2.92. The number of nitrogens with zero attached hydrogens (tertiary/aromatic N) is 4. The standard InChI is InChI=1S/C12H7ClF2N4O/c13-9-11-18-17-10(19(11)6-5-16-9)7-3-1-2-4-8(7)20-12(14)15/h1-6,12H. The number of alkyl halides is 2. The molecule has 0 spiro atoms. The molecule has 1 aromatic carbocycles. The van der Waals surface area contributed by atoms with E-state index in [0.717, 1.165) is 0 Å². The summed E-state index contributed by atoms with van der Waals surface area (Å²) in [6.07, 6.45) is 3.06. The lowest BCUT2D eigenvalue weighted by atomic mass is 10.2. The van der Waals surface area contributed by atoms with Gasteiger partial charge in [0.25, 0.3) is 0 Å². The van der Waals surface area contributed by atoms with E-state index in [1.807, 2.05) is 0 Å². The van der Waals surface area contributed by atoms with Crippen molar-refractivity contribution in [2.24, 2.45) is 0 Å². The van der Waals surface area contributed by atoms with Crippen molar-refractivity contribution in [1.29, 1.82) is 0 Å². The summed E-state index contributed by atoms with van der Waals surface area (Å²) in [7, 11) is 0. The van der Waals surface area contributed by atoms with E-state index in [2.05, 4.69) is 19.9 Å². The summed E-state index contributed by atoms with van der Waals surface area (Å²) in [4.78, 5) is 3.88. The zero-order valence-corrected chi connectivity index (χ0v) is 10.6. The molecule has 0 saturated heterocycles. The Labute approximate surface area is 116 Å². The molecule has 5 nitrogen and oxygen atoms in total. The molecule has 0 fully saturated rings. The maximum atomic E-state index is 12.4. The molecule has 8 heteroatoms. The van der Waals surface area contributed by atoms with E-state index in [0.29, 0.717) is 17.0 Å². The van der Waals surface area contributed by atoms with Gasteiger partial charge in [-0.15, -0.1) is 10.2 Å². The molecule has 0 unspecified atom stereocenters. The van der Waals surface area contributed by atoms with Gasteiger partial charge in [-0.05, 0) is 12.1 Å². The number of halogens is 3. The predicted octanol–water partition coefficient (Wildman–Crippen LogP) is 3.05. The molecule has 0 aliphatic carbocycles. The van der Waals surface area contributed by atoms with Crippen molar-refractivity contribution >= 4 is 17.2 Å². The van der Waals surface area contributed by atoms with Crippen LogP contribution in [-0.4, -0.2) is 26.2 Å². The Balaban J connectivity index is 2.19. The molecule has 0 N–H and O–H groups in total. The second-order valence-electron chi connectivity index (χ2n) is 3.81. The zero-order chi connectivity index (χ0) is 14.1. The highest BCUT2D eigenvalue weighted by Gasteiger charge is 2.16. The van der Waals surface area contributed by atoms with Gasteiger partial charge in [0.15, 0.2) is 16.6 Å². The van der Waals surface area contributed by atoms with Crippen LogP contribution < -0.4 is 4.74 Å². The number of fused-ring (bicyclic) bond motifs is 1. The van der Waals surface area contributed by atoms with Gasteiger partial charge >= 0.3 is 6.61 Å². The fourth-order valence-corrected chi connectivity index (χ4v) is 2.02. The van der Waals surface area contributed by atoms with Gasteiger partial charge < -0.3 is 4.74 Å². The summed E-state index contributed by atoms with van der Waals surface area (Å²) < 4.78 is 30.9. The van der Waals surface area contributed by atoms with E-state index in [1.54, 1.807) is 28.8 Å². The third kappa shape index (κ3) is 2.16. The lowest BCUT2D eigenvalue weighted by molar-refractivity contribution is -0.0494. The van der Waals surface area contributed by atoms with Gasteiger partial charge in [-0.25, -0.2) is 4.98 Å².